The van der Waals surface area contributed by atoms with Gasteiger partial charge in [0.05, 0.1) is 25.9 Å². The van der Waals surface area contributed by atoms with Crippen LogP contribution in [0.2, 0.25) is 0 Å². The summed E-state index contributed by atoms with van der Waals surface area (Å²) in [4.78, 5) is 6.51. The van der Waals surface area contributed by atoms with Gasteiger partial charge in [0.15, 0.2) is 0 Å². The van der Waals surface area contributed by atoms with Crippen molar-refractivity contribution in [2.75, 3.05) is 38.6 Å². The molecule has 19 heavy (non-hydrogen) atoms. The van der Waals surface area contributed by atoms with E-state index < -0.39 is 0 Å². The van der Waals surface area contributed by atoms with E-state index >= 15 is 0 Å². The van der Waals surface area contributed by atoms with Crippen molar-refractivity contribution in [3.63, 3.8) is 0 Å². The molecule has 0 spiro atoms. The average Bonchev–Trinajstić information content (AvgIpc) is 2.36. The van der Waals surface area contributed by atoms with Crippen molar-refractivity contribution in [2.24, 2.45) is 5.92 Å². The lowest BCUT2D eigenvalue weighted by molar-refractivity contribution is -0.0750. The molecule has 0 aliphatic carbocycles. The van der Waals surface area contributed by atoms with E-state index in [1.54, 1.807) is 12.3 Å². The minimum Gasteiger partial charge on any atom is -0.493 e. The molecule has 0 bridgehead atoms. The second kappa shape index (κ2) is 5.75. The van der Waals surface area contributed by atoms with Gasteiger partial charge in [-0.3, -0.25) is 4.90 Å². The predicted molar refractivity (Wildman–Crippen MR) is 73.0 cm³/mol. The fraction of sp³-hybridized carbons (Fsp3) is 0.643. The maximum atomic E-state index is 5.80. The van der Waals surface area contributed by atoms with Crippen LogP contribution >= 0.6 is 0 Å². The lowest BCUT2D eigenvalue weighted by atomic mass is 9.96. The highest BCUT2D eigenvalue weighted by molar-refractivity contribution is 5.35. The van der Waals surface area contributed by atoms with E-state index in [9.17, 15) is 0 Å². The summed E-state index contributed by atoms with van der Waals surface area (Å²) in [6.45, 7) is 4.94. The highest BCUT2D eigenvalue weighted by Gasteiger charge is 2.29. The number of aromatic nitrogens is 1. The van der Waals surface area contributed by atoms with Gasteiger partial charge in [-0.1, -0.05) is 0 Å². The smallest absolute Gasteiger partial charge is 0.126 e. The zero-order valence-electron chi connectivity index (χ0n) is 11.1. The molecule has 3 heterocycles. The van der Waals surface area contributed by atoms with E-state index in [0.29, 0.717) is 17.8 Å². The number of anilines is 1. The first-order chi connectivity index (χ1) is 9.31. The Morgan fingerprint density at radius 3 is 2.79 bits per heavy atom. The van der Waals surface area contributed by atoms with Crippen LogP contribution in [-0.2, 0) is 4.74 Å². The molecule has 2 aliphatic heterocycles. The third-order valence-corrected chi connectivity index (χ3v) is 4.02. The van der Waals surface area contributed by atoms with Crippen LogP contribution in [0.4, 0.5) is 5.82 Å². The van der Waals surface area contributed by atoms with Crippen LogP contribution in [0.1, 0.15) is 12.8 Å². The fourth-order valence-corrected chi connectivity index (χ4v) is 2.65. The number of nitrogens with two attached hydrogens (primary N) is 1. The zero-order valence-corrected chi connectivity index (χ0v) is 11.1. The molecule has 0 amide bonds. The third-order valence-electron chi connectivity index (χ3n) is 4.02. The zero-order chi connectivity index (χ0) is 13.1. The van der Waals surface area contributed by atoms with Crippen LogP contribution in [0.15, 0.2) is 18.3 Å². The minimum absolute atomic E-state index is 0.511. The van der Waals surface area contributed by atoms with Crippen molar-refractivity contribution in [3.05, 3.63) is 18.3 Å². The van der Waals surface area contributed by atoms with Gasteiger partial charge in [-0.2, -0.15) is 0 Å². The number of hydrogen-bond acceptors (Lipinski definition) is 5. The number of likely N-dealkylation sites (tertiary alicyclic amines) is 1. The second-order valence-electron chi connectivity index (χ2n) is 5.40. The van der Waals surface area contributed by atoms with Crippen molar-refractivity contribution in [3.8, 4) is 5.75 Å². The minimum atomic E-state index is 0.511. The molecule has 5 nitrogen and oxygen atoms in total. The number of piperidine rings is 1. The Hall–Kier alpha value is -1.33. The Labute approximate surface area is 113 Å². The Morgan fingerprint density at radius 1 is 1.37 bits per heavy atom. The third kappa shape index (κ3) is 3.16. The molecular weight excluding hydrogens is 242 g/mol. The normalized spacial score (nSPS) is 22.1. The monoisotopic (exact) mass is 263 g/mol. The van der Waals surface area contributed by atoms with Crippen molar-refractivity contribution >= 4 is 5.82 Å². The molecule has 0 unspecified atom stereocenters. The number of pyridine rings is 1. The molecule has 2 aliphatic rings. The fourth-order valence-electron chi connectivity index (χ4n) is 2.65. The molecule has 1 aromatic rings. The molecule has 2 N–H and O–H groups in total. The van der Waals surface area contributed by atoms with Crippen LogP contribution in [0.25, 0.3) is 0 Å². The average molecular weight is 263 g/mol. The summed E-state index contributed by atoms with van der Waals surface area (Å²) in [5, 5.41) is 0. The maximum absolute atomic E-state index is 5.80. The Kier molecular flexibility index (Phi) is 3.84. The first-order valence-electron chi connectivity index (χ1n) is 6.97. The van der Waals surface area contributed by atoms with Gasteiger partial charge >= 0.3 is 0 Å². The molecular formula is C14H21N3O2. The van der Waals surface area contributed by atoms with Crippen LogP contribution < -0.4 is 10.5 Å². The number of nitrogens with zero attached hydrogens (tertiary/aromatic N) is 2. The molecule has 5 heteroatoms. The molecule has 104 valence electrons. The lowest BCUT2D eigenvalue weighted by Gasteiger charge is -2.41. The van der Waals surface area contributed by atoms with Crippen molar-refractivity contribution in [1.82, 2.24) is 9.88 Å². The largest absolute Gasteiger partial charge is 0.493 e. The quantitative estimate of drug-likeness (QED) is 0.883. The lowest BCUT2D eigenvalue weighted by Crippen LogP contribution is -2.52. The van der Waals surface area contributed by atoms with Crippen LogP contribution in [0, 0.1) is 5.92 Å². The molecule has 3 rings (SSSR count). The first-order valence-corrected chi connectivity index (χ1v) is 6.97. The van der Waals surface area contributed by atoms with E-state index in [0.717, 1.165) is 25.6 Å². The van der Waals surface area contributed by atoms with Gasteiger partial charge in [-0.25, -0.2) is 4.98 Å². The maximum Gasteiger partial charge on any atom is 0.126 e. The molecule has 0 atom stereocenters. The summed E-state index contributed by atoms with van der Waals surface area (Å²) in [7, 11) is 0. The van der Waals surface area contributed by atoms with Crippen molar-refractivity contribution < 1.29 is 9.47 Å². The molecule has 0 saturated carbocycles. The van der Waals surface area contributed by atoms with Gasteiger partial charge in [0, 0.05) is 12.3 Å². The summed E-state index contributed by atoms with van der Waals surface area (Å²) in [6, 6.07) is 4.31. The number of hydrogen-bond donors (Lipinski definition) is 1. The number of nitrogen functional groups attached to an aromatic ring is 1. The van der Waals surface area contributed by atoms with Gasteiger partial charge in [-0.05, 0) is 37.9 Å². The van der Waals surface area contributed by atoms with E-state index in [4.69, 9.17) is 15.2 Å². The summed E-state index contributed by atoms with van der Waals surface area (Å²) in [5.41, 5.74) is 5.63. The van der Waals surface area contributed by atoms with Crippen LogP contribution in [0.5, 0.6) is 5.75 Å². The second-order valence-corrected chi connectivity index (χ2v) is 5.40. The van der Waals surface area contributed by atoms with Gasteiger partial charge < -0.3 is 15.2 Å². The molecule has 1 aromatic heterocycles. The highest BCUT2D eigenvalue weighted by atomic mass is 16.5. The molecule has 2 fully saturated rings. The van der Waals surface area contributed by atoms with Crippen LogP contribution in [0.3, 0.4) is 0 Å². The Morgan fingerprint density at radius 2 is 2.16 bits per heavy atom. The Bertz CT molecular complexity index is 415. The highest BCUT2D eigenvalue weighted by Crippen LogP contribution is 2.23. The standard InChI is InChI=1S/C14H21N3O2/c15-14-7-13(1-4-16-14)19-8-11-2-5-17(6-3-11)12-9-18-10-12/h1,4,7,11-12H,2-3,5-6,8-10H2,(H2,15,16). The van der Waals surface area contributed by atoms with Crippen LogP contribution in [-0.4, -0.2) is 48.8 Å². The van der Waals surface area contributed by atoms with E-state index in [-0.39, 0.29) is 0 Å². The summed E-state index contributed by atoms with van der Waals surface area (Å²) in [5.74, 6) is 1.98. The topological polar surface area (TPSA) is 60.6 Å². The molecule has 0 aromatic carbocycles. The molecule has 0 radical (unpaired) electrons. The van der Waals surface area contributed by atoms with Gasteiger partial charge in [0.25, 0.3) is 0 Å². The van der Waals surface area contributed by atoms with Gasteiger partial charge in [0.2, 0.25) is 0 Å². The molecule has 2 saturated heterocycles. The van der Waals surface area contributed by atoms with Crippen molar-refractivity contribution in [1.29, 1.82) is 0 Å². The van der Waals surface area contributed by atoms with E-state index in [2.05, 4.69) is 9.88 Å². The first kappa shape index (κ1) is 12.7. The summed E-state index contributed by atoms with van der Waals surface area (Å²) in [6.07, 6.45) is 4.10. The Balaban J connectivity index is 1.42. The summed E-state index contributed by atoms with van der Waals surface area (Å²) >= 11 is 0. The van der Waals surface area contributed by atoms with Gasteiger partial charge in [-0.15, -0.1) is 0 Å². The van der Waals surface area contributed by atoms with E-state index in [1.165, 1.54) is 25.9 Å². The SMILES string of the molecule is Nc1cc(OCC2CCN(C3COC3)CC2)ccn1. The van der Waals surface area contributed by atoms with Crippen molar-refractivity contribution in [2.45, 2.75) is 18.9 Å². The van der Waals surface area contributed by atoms with Gasteiger partial charge in [0.1, 0.15) is 11.6 Å². The van der Waals surface area contributed by atoms with E-state index in [1.807, 2.05) is 6.07 Å². The number of ether oxygens (including phenoxy) is 2. The number of rotatable bonds is 4. The summed E-state index contributed by atoms with van der Waals surface area (Å²) < 4.78 is 11.0. The predicted octanol–water partition coefficient (Wildman–Crippen LogP) is 1.15.